The van der Waals surface area contributed by atoms with E-state index in [0.717, 1.165) is 28.9 Å². The van der Waals surface area contributed by atoms with Crippen LogP contribution in [0.5, 0.6) is 11.5 Å². The Bertz CT molecular complexity index is 650. The summed E-state index contributed by atoms with van der Waals surface area (Å²) in [4.78, 5) is 0. The van der Waals surface area contributed by atoms with Gasteiger partial charge < -0.3 is 14.0 Å². The van der Waals surface area contributed by atoms with Gasteiger partial charge in [0.25, 0.3) is 0 Å². The van der Waals surface area contributed by atoms with Crippen molar-refractivity contribution < 1.29 is 14.0 Å². The lowest BCUT2D eigenvalue weighted by Gasteiger charge is -2.35. The van der Waals surface area contributed by atoms with E-state index in [-0.39, 0.29) is 0 Å². The number of rotatable bonds is 4. The Balaban J connectivity index is 1.84. The standard InChI is InChI=1S/C19H24NO2/c1-20(2)10-9-16-11-18(21-3)19(12-17(16)13-20)22-14-15-7-5-4-6-8-15/h4-8,11-12H,9-10,13-14H2,1-3H3/q+1. The first kappa shape index (κ1) is 14.9. The number of ether oxygens (including phenoxy) is 2. The molecule has 2 aromatic carbocycles. The van der Waals surface area contributed by atoms with Gasteiger partial charge in [-0.3, -0.25) is 0 Å². The maximum Gasteiger partial charge on any atom is 0.162 e. The third-order valence-electron chi connectivity index (χ3n) is 4.31. The van der Waals surface area contributed by atoms with Crippen molar-refractivity contribution >= 4 is 0 Å². The van der Waals surface area contributed by atoms with Gasteiger partial charge in [-0.15, -0.1) is 0 Å². The number of likely N-dealkylation sites (N-methyl/N-ethyl adjacent to an activating group) is 1. The van der Waals surface area contributed by atoms with E-state index >= 15 is 0 Å². The quantitative estimate of drug-likeness (QED) is 0.805. The lowest BCUT2D eigenvalue weighted by Crippen LogP contribution is -2.43. The smallest absolute Gasteiger partial charge is 0.162 e. The average Bonchev–Trinajstić information content (AvgIpc) is 2.52. The molecule has 0 N–H and O–H groups in total. The second kappa shape index (κ2) is 6.01. The van der Waals surface area contributed by atoms with E-state index in [1.165, 1.54) is 23.2 Å². The first-order valence-corrected chi connectivity index (χ1v) is 7.76. The van der Waals surface area contributed by atoms with Gasteiger partial charge in [0.2, 0.25) is 0 Å². The van der Waals surface area contributed by atoms with Crippen LogP contribution in [0.15, 0.2) is 42.5 Å². The maximum absolute atomic E-state index is 6.02. The predicted molar refractivity (Wildman–Crippen MR) is 88.2 cm³/mol. The van der Waals surface area contributed by atoms with Gasteiger partial charge in [0.15, 0.2) is 11.5 Å². The van der Waals surface area contributed by atoms with Crippen LogP contribution < -0.4 is 9.47 Å². The molecule has 22 heavy (non-hydrogen) atoms. The number of quaternary nitrogens is 1. The van der Waals surface area contributed by atoms with Crippen molar-refractivity contribution in [1.82, 2.24) is 0 Å². The second-order valence-electron chi connectivity index (χ2n) is 6.61. The molecule has 0 saturated carbocycles. The molecule has 1 aliphatic rings. The highest BCUT2D eigenvalue weighted by Gasteiger charge is 2.25. The number of hydrogen-bond acceptors (Lipinski definition) is 2. The molecule has 3 rings (SSSR count). The fourth-order valence-corrected chi connectivity index (χ4v) is 3.00. The van der Waals surface area contributed by atoms with Gasteiger partial charge in [-0.05, 0) is 23.3 Å². The molecule has 1 aliphatic heterocycles. The molecule has 1 heterocycles. The van der Waals surface area contributed by atoms with Crippen molar-refractivity contribution in [2.24, 2.45) is 0 Å². The fourth-order valence-electron chi connectivity index (χ4n) is 3.00. The van der Waals surface area contributed by atoms with Gasteiger partial charge in [-0.2, -0.15) is 0 Å². The zero-order valence-electron chi connectivity index (χ0n) is 13.6. The highest BCUT2D eigenvalue weighted by atomic mass is 16.5. The molecule has 3 nitrogen and oxygen atoms in total. The summed E-state index contributed by atoms with van der Waals surface area (Å²) in [6.07, 6.45) is 1.09. The van der Waals surface area contributed by atoms with Crippen LogP contribution in [-0.2, 0) is 19.6 Å². The van der Waals surface area contributed by atoms with Crippen LogP contribution in [0.25, 0.3) is 0 Å². The second-order valence-corrected chi connectivity index (χ2v) is 6.61. The minimum absolute atomic E-state index is 0.564. The van der Waals surface area contributed by atoms with Gasteiger partial charge in [0, 0.05) is 12.0 Å². The highest BCUT2D eigenvalue weighted by molar-refractivity contribution is 5.48. The lowest BCUT2D eigenvalue weighted by atomic mass is 9.98. The fraction of sp³-hybridized carbons (Fsp3) is 0.368. The summed E-state index contributed by atoms with van der Waals surface area (Å²) in [6, 6.07) is 14.5. The molecule has 0 radical (unpaired) electrons. The Morgan fingerprint density at radius 3 is 2.45 bits per heavy atom. The number of hydrogen-bond donors (Lipinski definition) is 0. The van der Waals surface area contributed by atoms with Crippen molar-refractivity contribution in [2.75, 3.05) is 27.7 Å². The van der Waals surface area contributed by atoms with Crippen LogP contribution in [0, 0.1) is 0 Å². The van der Waals surface area contributed by atoms with Crippen LogP contribution in [0.2, 0.25) is 0 Å². The summed E-state index contributed by atoms with van der Waals surface area (Å²) in [5.41, 5.74) is 3.93. The molecule has 0 amide bonds. The van der Waals surface area contributed by atoms with Crippen LogP contribution >= 0.6 is 0 Å². The molecule has 0 spiro atoms. The topological polar surface area (TPSA) is 18.5 Å². The Kier molecular flexibility index (Phi) is 4.08. The van der Waals surface area contributed by atoms with Crippen molar-refractivity contribution in [3.05, 3.63) is 59.2 Å². The minimum Gasteiger partial charge on any atom is -0.493 e. The zero-order valence-corrected chi connectivity index (χ0v) is 13.6. The van der Waals surface area contributed by atoms with Crippen molar-refractivity contribution in [3.8, 4) is 11.5 Å². The Morgan fingerprint density at radius 2 is 1.73 bits per heavy atom. The summed E-state index contributed by atoms with van der Waals surface area (Å²) in [7, 11) is 6.26. The molecule has 2 aromatic rings. The van der Waals surface area contributed by atoms with E-state index in [4.69, 9.17) is 9.47 Å². The van der Waals surface area contributed by atoms with Crippen LogP contribution in [0.3, 0.4) is 0 Å². The van der Waals surface area contributed by atoms with Gasteiger partial charge >= 0.3 is 0 Å². The summed E-state index contributed by atoms with van der Waals surface area (Å²) in [5, 5.41) is 0. The van der Waals surface area contributed by atoms with Crippen molar-refractivity contribution in [2.45, 2.75) is 19.6 Å². The molecule has 0 bridgehead atoms. The van der Waals surface area contributed by atoms with E-state index in [1.807, 2.05) is 18.2 Å². The third-order valence-corrected chi connectivity index (χ3v) is 4.31. The van der Waals surface area contributed by atoms with Gasteiger partial charge in [0.05, 0.1) is 27.7 Å². The monoisotopic (exact) mass is 298 g/mol. The molecule has 0 aromatic heterocycles. The van der Waals surface area contributed by atoms with Crippen molar-refractivity contribution in [1.29, 1.82) is 0 Å². The summed E-state index contributed by atoms with van der Waals surface area (Å²) in [6.45, 7) is 2.77. The molecular formula is C19H24NO2+. The summed E-state index contributed by atoms with van der Waals surface area (Å²) >= 11 is 0. The first-order valence-electron chi connectivity index (χ1n) is 7.76. The largest absolute Gasteiger partial charge is 0.493 e. The van der Waals surface area contributed by atoms with E-state index < -0.39 is 0 Å². The van der Waals surface area contributed by atoms with E-state index in [1.54, 1.807) is 7.11 Å². The lowest BCUT2D eigenvalue weighted by molar-refractivity contribution is -0.905. The molecule has 3 heteroatoms. The SMILES string of the molecule is COc1cc2c(cc1OCc1ccccc1)C[N+](C)(C)CC2. The summed E-state index contributed by atoms with van der Waals surface area (Å²) < 4.78 is 12.6. The Hall–Kier alpha value is -2.00. The number of methoxy groups -OCH3 is 1. The number of fused-ring (bicyclic) bond motifs is 1. The Morgan fingerprint density at radius 1 is 1.00 bits per heavy atom. The number of benzene rings is 2. The predicted octanol–water partition coefficient (Wildman–Crippen LogP) is 3.41. The van der Waals surface area contributed by atoms with E-state index in [0.29, 0.717) is 6.61 Å². The molecule has 0 unspecified atom stereocenters. The minimum atomic E-state index is 0.564. The van der Waals surface area contributed by atoms with E-state index in [9.17, 15) is 0 Å². The summed E-state index contributed by atoms with van der Waals surface area (Å²) in [5.74, 6) is 1.67. The molecule has 116 valence electrons. The van der Waals surface area contributed by atoms with Crippen LogP contribution in [-0.4, -0.2) is 32.2 Å². The van der Waals surface area contributed by atoms with Gasteiger partial charge in [-0.25, -0.2) is 0 Å². The molecule has 0 aliphatic carbocycles. The average molecular weight is 298 g/mol. The first-order chi connectivity index (χ1) is 10.6. The van der Waals surface area contributed by atoms with E-state index in [2.05, 4.69) is 38.4 Å². The third kappa shape index (κ3) is 3.25. The molecule has 0 atom stereocenters. The van der Waals surface area contributed by atoms with Gasteiger partial charge in [-0.1, -0.05) is 30.3 Å². The van der Waals surface area contributed by atoms with Gasteiger partial charge in [0.1, 0.15) is 13.2 Å². The van der Waals surface area contributed by atoms with Crippen molar-refractivity contribution in [3.63, 3.8) is 0 Å². The van der Waals surface area contributed by atoms with Crippen LogP contribution in [0.4, 0.5) is 0 Å². The maximum atomic E-state index is 6.02. The molecular weight excluding hydrogens is 274 g/mol. The normalized spacial score (nSPS) is 16.0. The Labute approximate surface area is 132 Å². The van der Waals surface area contributed by atoms with Crippen LogP contribution in [0.1, 0.15) is 16.7 Å². The number of nitrogens with zero attached hydrogens (tertiary/aromatic N) is 1. The molecule has 0 saturated heterocycles. The highest BCUT2D eigenvalue weighted by Crippen LogP contribution is 2.34. The zero-order chi connectivity index (χ0) is 15.6. The molecule has 0 fully saturated rings.